The fourth-order valence-corrected chi connectivity index (χ4v) is 5.25. The van der Waals surface area contributed by atoms with Crippen molar-refractivity contribution < 1.29 is 14.3 Å². The Balaban J connectivity index is 1.40. The summed E-state index contributed by atoms with van der Waals surface area (Å²) in [7, 11) is 0. The number of amides is 2. The molecule has 0 atom stereocenters. The highest BCUT2D eigenvalue weighted by Gasteiger charge is 2.27. The first-order valence-corrected chi connectivity index (χ1v) is 14.1. The largest absolute Gasteiger partial charge is 0.444 e. The molecule has 3 N–H and O–H groups in total. The number of piperidine rings is 1. The molecule has 1 saturated carbocycles. The highest BCUT2D eigenvalue weighted by molar-refractivity contribution is 5.99. The number of carbonyl (C=O) groups excluding carboxylic acids is 2. The topological polar surface area (TPSA) is 95.6 Å². The Morgan fingerprint density at radius 1 is 0.974 bits per heavy atom. The number of benzene rings is 1. The summed E-state index contributed by atoms with van der Waals surface area (Å²) < 4.78 is 5.41. The Bertz CT molecular complexity index is 1060. The number of hydrogen-bond donors (Lipinski definition) is 3. The molecule has 0 bridgehead atoms. The van der Waals surface area contributed by atoms with E-state index in [0.717, 1.165) is 56.7 Å². The second-order valence-corrected chi connectivity index (χ2v) is 11.5. The van der Waals surface area contributed by atoms with Gasteiger partial charge in [0.1, 0.15) is 11.4 Å². The molecule has 2 aromatic rings. The standard InChI is InChI=1S/C30H43N5O3/c1-30(2,3)38-29(37)33-24-14-12-22(13-15-24)26-17-16-25(27(34-26)32-23-10-6-4-7-11-23)28(36)31-18-21-35-19-8-5-9-20-35/h4,6-7,10-11,16-17,22,24H,5,8-9,12-15,18-21H2,1-3H3,(H,31,36)(H,32,34)(H,33,37)/t22-,24+. The number of pyridine rings is 1. The number of hydrogen-bond acceptors (Lipinski definition) is 6. The van der Waals surface area contributed by atoms with E-state index in [-0.39, 0.29) is 24.0 Å². The first-order valence-electron chi connectivity index (χ1n) is 14.1. The molecule has 2 aliphatic rings. The van der Waals surface area contributed by atoms with E-state index < -0.39 is 5.60 Å². The van der Waals surface area contributed by atoms with Crippen LogP contribution >= 0.6 is 0 Å². The number of aromatic nitrogens is 1. The maximum atomic E-state index is 13.2. The minimum absolute atomic E-state index is 0.105. The van der Waals surface area contributed by atoms with Crippen molar-refractivity contribution in [1.82, 2.24) is 20.5 Å². The molecule has 4 rings (SSSR count). The summed E-state index contributed by atoms with van der Waals surface area (Å²) in [6.45, 7) is 9.34. The molecule has 1 aliphatic carbocycles. The Hall–Kier alpha value is -3.13. The molecular weight excluding hydrogens is 478 g/mol. The van der Waals surface area contributed by atoms with Crippen LogP contribution in [0.2, 0.25) is 0 Å². The molecule has 2 heterocycles. The SMILES string of the molecule is CC(C)(C)OC(=O)N[C@H]1CC[C@@H](c2ccc(C(=O)NCCN3CCCCC3)c(Nc3ccccc3)n2)CC1. The Morgan fingerprint density at radius 2 is 1.68 bits per heavy atom. The number of nitrogens with zero attached hydrogens (tertiary/aromatic N) is 2. The lowest BCUT2D eigenvalue weighted by atomic mass is 9.83. The predicted octanol–water partition coefficient (Wildman–Crippen LogP) is 5.59. The van der Waals surface area contributed by atoms with Gasteiger partial charge in [0.05, 0.1) is 5.56 Å². The first kappa shape index (κ1) is 27.9. The predicted molar refractivity (Wildman–Crippen MR) is 151 cm³/mol. The van der Waals surface area contributed by atoms with E-state index in [2.05, 4.69) is 20.9 Å². The molecule has 1 saturated heterocycles. The van der Waals surface area contributed by atoms with Gasteiger partial charge >= 0.3 is 6.09 Å². The van der Waals surface area contributed by atoms with Crippen LogP contribution in [0, 0.1) is 0 Å². The van der Waals surface area contributed by atoms with Crippen LogP contribution in [-0.2, 0) is 4.74 Å². The number of likely N-dealkylation sites (tertiary alicyclic amines) is 1. The van der Waals surface area contributed by atoms with Crippen LogP contribution in [0.3, 0.4) is 0 Å². The van der Waals surface area contributed by atoms with E-state index >= 15 is 0 Å². The molecule has 38 heavy (non-hydrogen) atoms. The van der Waals surface area contributed by atoms with Gasteiger partial charge in [-0.2, -0.15) is 0 Å². The quantitative estimate of drug-likeness (QED) is 0.419. The zero-order valence-electron chi connectivity index (χ0n) is 23.1. The van der Waals surface area contributed by atoms with Crippen LogP contribution in [0.1, 0.15) is 87.7 Å². The molecule has 2 fully saturated rings. The third kappa shape index (κ3) is 8.45. The van der Waals surface area contributed by atoms with E-state index in [1.807, 2.05) is 63.2 Å². The fraction of sp³-hybridized carbons (Fsp3) is 0.567. The van der Waals surface area contributed by atoms with Crippen molar-refractivity contribution in [3.8, 4) is 0 Å². The lowest BCUT2D eigenvalue weighted by molar-refractivity contribution is 0.0491. The van der Waals surface area contributed by atoms with Gasteiger partial charge in [0.25, 0.3) is 5.91 Å². The Morgan fingerprint density at radius 3 is 2.37 bits per heavy atom. The summed E-state index contributed by atoms with van der Waals surface area (Å²) in [6.07, 6.45) is 6.99. The van der Waals surface area contributed by atoms with Crippen LogP contribution < -0.4 is 16.0 Å². The van der Waals surface area contributed by atoms with Crippen molar-refractivity contribution in [2.45, 2.75) is 83.3 Å². The number of alkyl carbamates (subject to hydrolysis) is 1. The van der Waals surface area contributed by atoms with E-state index in [0.29, 0.717) is 17.9 Å². The zero-order valence-corrected chi connectivity index (χ0v) is 23.1. The number of carbonyl (C=O) groups is 2. The van der Waals surface area contributed by atoms with E-state index in [4.69, 9.17) is 9.72 Å². The van der Waals surface area contributed by atoms with Crippen LogP contribution in [0.25, 0.3) is 0 Å². The molecule has 206 valence electrons. The third-order valence-corrected chi connectivity index (χ3v) is 7.23. The lowest BCUT2D eigenvalue weighted by Gasteiger charge is -2.30. The second-order valence-electron chi connectivity index (χ2n) is 11.5. The van der Waals surface area contributed by atoms with Gasteiger partial charge in [-0.1, -0.05) is 24.6 Å². The average Bonchev–Trinajstić information content (AvgIpc) is 2.89. The van der Waals surface area contributed by atoms with E-state index in [1.54, 1.807) is 0 Å². The molecule has 1 aliphatic heterocycles. The Kier molecular flexibility index (Phi) is 9.61. The molecule has 8 nitrogen and oxygen atoms in total. The van der Waals surface area contributed by atoms with Crippen molar-refractivity contribution >= 4 is 23.5 Å². The van der Waals surface area contributed by atoms with Crippen molar-refractivity contribution in [3.63, 3.8) is 0 Å². The summed E-state index contributed by atoms with van der Waals surface area (Å²) in [5.41, 5.74) is 1.92. The summed E-state index contributed by atoms with van der Waals surface area (Å²) in [5, 5.41) is 9.48. The highest BCUT2D eigenvalue weighted by atomic mass is 16.6. The number of para-hydroxylation sites is 1. The van der Waals surface area contributed by atoms with Crippen molar-refractivity contribution in [3.05, 3.63) is 53.7 Å². The Labute approximate surface area is 226 Å². The minimum atomic E-state index is -0.505. The van der Waals surface area contributed by atoms with Crippen LogP contribution in [0.4, 0.5) is 16.3 Å². The molecule has 1 aromatic carbocycles. The molecule has 0 unspecified atom stereocenters. The van der Waals surface area contributed by atoms with E-state index in [1.165, 1.54) is 19.3 Å². The number of rotatable bonds is 8. The van der Waals surface area contributed by atoms with Gasteiger partial charge in [0, 0.05) is 36.4 Å². The first-order chi connectivity index (χ1) is 18.3. The van der Waals surface area contributed by atoms with Gasteiger partial charge in [-0.25, -0.2) is 9.78 Å². The van der Waals surface area contributed by atoms with Gasteiger partial charge in [-0.3, -0.25) is 4.79 Å². The summed E-state index contributed by atoms with van der Waals surface area (Å²) in [4.78, 5) is 32.7. The molecule has 1 aromatic heterocycles. The van der Waals surface area contributed by atoms with Gasteiger partial charge in [0.2, 0.25) is 0 Å². The molecule has 2 amide bonds. The normalized spacial score (nSPS) is 20.4. The number of nitrogens with one attached hydrogen (secondary N) is 3. The maximum absolute atomic E-state index is 13.2. The summed E-state index contributed by atoms with van der Waals surface area (Å²) >= 11 is 0. The van der Waals surface area contributed by atoms with Crippen LogP contribution in [0.5, 0.6) is 0 Å². The highest BCUT2D eigenvalue weighted by Crippen LogP contribution is 2.33. The maximum Gasteiger partial charge on any atom is 0.407 e. The van der Waals surface area contributed by atoms with E-state index in [9.17, 15) is 9.59 Å². The monoisotopic (exact) mass is 521 g/mol. The van der Waals surface area contributed by atoms with Crippen molar-refractivity contribution in [2.75, 3.05) is 31.5 Å². The van der Waals surface area contributed by atoms with Crippen molar-refractivity contribution in [2.24, 2.45) is 0 Å². The average molecular weight is 522 g/mol. The summed E-state index contributed by atoms with van der Waals surface area (Å²) in [5.74, 6) is 0.752. The summed E-state index contributed by atoms with van der Waals surface area (Å²) in [6, 6.07) is 13.8. The second kappa shape index (κ2) is 13.1. The molecule has 8 heteroatoms. The smallest absolute Gasteiger partial charge is 0.407 e. The van der Waals surface area contributed by atoms with Gasteiger partial charge in [0.15, 0.2) is 0 Å². The third-order valence-electron chi connectivity index (χ3n) is 7.23. The molecule has 0 radical (unpaired) electrons. The zero-order chi connectivity index (χ0) is 27.0. The van der Waals surface area contributed by atoms with Gasteiger partial charge in [-0.15, -0.1) is 0 Å². The minimum Gasteiger partial charge on any atom is -0.444 e. The van der Waals surface area contributed by atoms with Crippen LogP contribution in [-0.4, -0.2) is 59.7 Å². The van der Waals surface area contributed by atoms with Gasteiger partial charge < -0.3 is 25.6 Å². The van der Waals surface area contributed by atoms with Crippen LogP contribution in [0.15, 0.2) is 42.5 Å². The van der Waals surface area contributed by atoms with Gasteiger partial charge in [-0.05, 0) is 96.7 Å². The number of anilines is 2. The lowest BCUT2D eigenvalue weighted by Crippen LogP contribution is -2.40. The van der Waals surface area contributed by atoms with Crippen molar-refractivity contribution in [1.29, 1.82) is 0 Å². The molecule has 0 spiro atoms. The molecular formula is C30H43N5O3. The number of ether oxygens (including phenoxy) is 1. The fourth-order valence-electron chi connectivity index (χ4n) is 5.25.